The van der Waals surface area contributed by atoms with E-state index in [0.29, 0.717) is 6.54 Å². The molecule has 104 valence electrons. The maximum absolute atomic E-state index is 11.5. The number of unbranched alkanes of at least 4 members (excludes halogenated alkanes) is 3. The second-order valence-corrected chi connectivity index (χ2v) is 7.08. The minimum absolute atomic E-state index is 0.164. The molecule has 1 N–H and O–H groups in total. The molecule has 1 rings (SSSR count). The molecule has 18 heavy (non-hydrogen) atoms. The van der Waals surface area contributed by atoms with E-state index in [9.17, 15) is 18.0 Å². The van der Waals surface area contributed by atoms with Gasteiger partial charge in [-0.25, -0.2) is 13.2 Å². The lowest BCUT2D eigenvalue weighted by molar-refractivity contribution is -0.121. The van der Waals surface area contributed by atoms with Gasteiger partial charge in [0.1, 0.15) is 0 Å². The van der Waals surface area contributed by atoms with E-state index in [2.05, 4.69) is 6.92 Å². The number of amides is 3. The second kappa shape index (κ2) is 6.38. The predicted octanol–water partition coefficient (Wildman–Crippen LogP) is 1.06. The van der Waals surface area contributed by atoms with Gasteiger partial charge in [-0.3, -0.25) is 10.1 Å². The maximum Gasteiger partial charge on any atom is 0.324 e. The Morgan fingerprint density at radius 3 is 2.56 bits per heavy atom. The third kappa shape index (κ3) is 4.13. The summed E-state index contributed by atoms with van der Waals surface area (Å²) >= 11 is 0. The van der Waals surface area contributed by atoms with Crippen molar-refractivity contribution in [3.8, 4) is 0 Å². The van der Waals surface area contributed by atoms with Crippen molar-refractivity contribution in [3.05, 3.63) is 0 Å². The number of imide groups is 1. The van der Waals surface area contributed by atoms with Crippen LogP contribution in [0.4, 0.5) is 4.79 Å². The molecule has 3 amide bonds. The largest absolute Gasteiger partial charge is 0.324 e. The molecule has 0 aliphatic carbocycles. The van der Waals surface area contributed by atoms with Gasteiger partial charge in [-0.05, 0) is 6.42 Å². The Morgan fingerprint density at radius 1 is 1.33 bits per heavy atom. The maximum atomic E-state index is 11.5. The first-order valence-corrected chi connectivity index (χ1v) is 8.26. The first-order valence-electron chi connectivity index (χ1n) is 5.89. The van der Waals surface area contributed by atoms with Gasteiger partial charge in [0, 0.05) is 23.8 Å². The van der Waals surface area contributed by atoms with Crippen LogP contribution >= 0.6 is 10.7 Å². The van der Waals surface area contributed by atoms with E-state index in [1.807, 2.05) is 5.32 Å². The van der Waals surface area contributed by atoms with Gasteiger partial charge >= 0.3 is 6.03 Å². The van der Waals surface area contributed by atoms with Gasteiger partial charge in [-0.2, -0.15) is 0 Å². The Bertz CT molecular complexity index is 424. The molecule has 0 saturated carbocycles. The summed E-state index contributed by atoms with van der Waals surface area (Å²) in [5.74, 6) is -0.847. The molecular weight excluding hydrogens is 280 g/mol. The lowest BCUT2D eigenvalue weighted by Crippen LogP contribution is -2.58. The van der Waals surface area contributed by atoms with E-state index >= 15 is 0 Å². The smallest absolute Gasteiger partial charge is 0.323 e. The van der Waals surface area contributed by atoms with Gasteiger partial charge in [0.2, 0.25) is 15.0 Å². The van der Waals surface area contributed by atoms with Crippen molar-refractivity contribution in [1.29, 1.82) is 0 Å². The van der Waals surface area contributed by atoms with Crippen LogP contribution in [0.1, 0.15) is 32.6 Å². The summed E-state index contributed by atoms with van der Waals surface area (Å²) in [6.07, 6.45) is 3.88. The Hall–Kier alpha value is -0.820. The molecule has 0 radical (unpaired) electrons. The number of carbonyl (C=O) groups excluding carboxylic acids is 2. The quantitative estimate of drug-likeness (QED) is 0.587. The molecule has 0 bridgehead atoms. The van der Waals surface area contributed by atoms with E-state index < -0.39 is 26.2 Å². The van der Waals surface area contributed by atoms with Crippen molar-refractivity contribution in [1.82, 2.24) is 10.2 Å². The van der Waals surface area contributed by atoms with Gasteiger partial charge < -0.3 is 4.90 Å². The Morgan fingerprint density at radius 2 is 2.00 bits per heavy atom. The molecule has 6 nitrogen and oxygen atoms in total. The number of nitrogens with zero attached hydrogens (tertiary/aromatic N) is 1. The second-order valence-electron chi connectivity index (χ2n) is 4.27. The van der Waals surface area contributed by atoms with Crippen LogP contribution in [0, 0.1) is 0 Å². The molecule has 1 fully saturated rings. The van der Waals surface area contributed by atoms with E-state index in [-0.39, 0.29) is 6.54 Å². The zero-order chi connectivity index (χ0) is 13.8. The average molecular weight is 297 g/mol. The normalized spacial score (nSPS) is 21.0. The highest BCUT2D eigenvalue weighted by atomic mass is 35.7. The summed E-state index contributed by atoms with van der Waals surface area (Å²) in [4.78, 5) is 24.2. The van der Waals surface area contributed by atoms with Crippen molar-refractivity contribution >= 4 is 31.7 Å². The minimum atomic E-state index is -4.00. The number of carbonyl (C=O) groups is 2. The van der Waals surface area contributed by atoms with Crippen LogP contribution in [-0.4, -0.2) is 43.6 Å². The van der Waals surface area contributed by atoms with E-state index in [1.54, 1.807) is 0 Å². The Labute approximate surface area is 111 Å². The molecular formula is C10H17ClN2O4S. The Balaban J connectivity index is 2.58. The number of hydrogen-bond acceptors (Lipinski definition) is 4. The van der Waals surface area contributed by atoms with Crippen LogP contribution in [-0.2, 0) is 13.8 Å². The fourth-order valence-corrected chi connectivity index (χ4v) is 2.85. The monoisotopic (exact) mass is 296 g/mol. The minimum Gasteiger partial charge on any atom is -0.323 e. The predicted molar refractivity (Wildman–Crippen MR) is 67.8 cm³/mol. The first-order chi connectivity index (χ1) is 8.36. The molecule has 0 aromatic carbocycles. The molecule has 1 saturated heterocycles. The molecule has 0 spiro atoms. The summed E-state index contributed by atoms with van der Waals surface area (Å²) in [6, 6.07) is -0.548. The van der Waals surface area contributed by atoms with Crippen LogP contribution in [0.3, 0.4) is 0 Å². The lowest BCUT2D eigenvalue weighted by Gasteiger charge is -2.30. The summed E-state index contributed by atoms with van der Waals surface area (Å²) in [7, 11) is 1.18. The summed E-state index contributed by atoms with van der Waals surface area (Å²) in [5.41, 5.74) is 0. The molecule has 1 unspecified atom stereocenters. The summed E-state index contributed by atoms with van der Waals surface area (Å²) in [5, 5.41) is 0.639. The SMILES string of the molecule is CCCCCCN1CC(S(=O)(=O)Cl)C(=O)NC1=O. The Kier molecular flexibility index (Phi) is 5.40. The van der Waals surface area contributed by atoms with Crippen LogP contribution in [0.5, 0.6) is 0 Å². The molecule has 1 aliphatic rings. The third-order valence-electron chi connectivity index (χ3n) is 2.82. The highest BCUT2D eigenvalue weighted by molar-refractivity contribution is 8.14. The molecule has 1 atom stereocenters. The molecule has 8 heteroatoms. The van der Waals surface area contributed by atoms with Crippen molar-refractivity contribution < 1.29 is 18.0 Å². The standard InChI is InChI=1S/C10H17ClN2O4S/c1-2-3-4-5-6-13-7-8(18(11,16)17)9(14)12-10(13)15/h8H,2-7H2,1H3,(H,12,14,15). The number of nitrogens with one attached hydrogen (secondary N) is 1. The fourth-order valence-electron chi connectivity index (χ4n) is 1.77. The first kappa shape index (κ1) is 15.2. The summed E-state index contributed by atoms with van der Waals surface area (Å²) in [6.45, 7) is 2.34. The number of urea groups is 1. The molecule has 1 aliphatic heterocycles. The average Bonchev–Trinajstić information content (AvgIpc) is 2.25. The van der Waals surface area contributed by atoms with Gasteiger partial charge in [0.25, 0.3) is 0 Å². The highest BCUT2D eigenvalue weighted by Gasteiger charge is 2.39. The van der Waals surface area contributed by atoms with E-state index in [0.717, 1.165) is 25.7 Å². The van der Waals surface area contributed by atoms with Crippen molar-refractivity contribution in [3.63, 3.8) is 0 Å². The van der Waals surface area contributed by atoms with Crippen LogP contribution < -0.4 is 5.32 Å². The molecule has 0 aromatic rings. The molecule has 1 heterocycles. The van der Waals surface area contributed by atoms with Gasteiger partial charge in [-0.1, -0.05) is 26.2 Å². The van der Waals surface area contributed by atoms with Gasteiger partial charge in [-0.15, -0.1) is 0 Å². The number of rotatable bonds is 6. The van der Waals surface area contributed by atoms with Crippen molar-refractivity contribution in [2.24, 2.45) is 0 Å². The van der Waals surface area contributed by atoms with Crippen LogP contribution in [0.2, 0.25) is 0 Å². The zero-order valence-electron chi connectivity index (χ0n) is 10.2. The van der Waals surface area contributed by atoms with Gasteiger partial charge in [0.05, 0.1) is 0 Å². The van der Waals surface area contributed by atoms with Crippen molar-refractivity contribution in [2.75, 3.05) is 13.1 Å². The van der Waals surface area contributed by atoms with Crippen LogP contribution in [0.15, 0.2) is 0 Å². The highest BCUT2D eigenvalue weighted by Crippen LogP contribution is 2.14. The molecule has 0 aromatic heterocycles. The van der Waals surface area contributed by atoms with E-state index in [4.69, 9.17) is 10.7 Å². The topological polar surface area (TPSA) is 83.6 Å². The third-order valence-corrected chi connectivity index (χ3v) is 4.51. The van der Waals surface area contributed by atoms with Gasteiger partial charge in [0.15, 0.2) is 5.25 Å². The van der Waals surface area contributed by atoms with E-state index in [1.165, 1.54) is 4.90 Å². The lowest BCUT2D eigenvalue weighted by atomic mass is 10.2. The van der Waals surface area contributed by atoms with Crippen LogP contribution in [0.25, 0.3) is 0 Å². The number of hydrogen-bond donors (Lipinski definition) is 1. The zero-order valence-corrected chi connectivity index (χ0v) is 11.8. The fraction of sp³-hybridized carbons (Fsp3) is 0.800. The van der Waals surface area contributed by atoms with Crippen molar-refractivity contribution in [2.45, 2.75) is 37.9 Å². The number of halogens is 1. The summed E-state index contributed by atoms with van der Waals surface area (Å²) < 4.78 is 22.4.